The predicted octanol–water partition coefficient (Wildman–Crippen LogP) is 2.59. The fourth-order valence-corrected chi connectivity index (χ4v) is 1.52. The zero-order chi connectivity index (χ0) is 15.2. The number of ether oxygens (including phenoxy) is 1. The molecule has 0 unspecified atom stereocenters. The van der Waals surface area contributed by atoms with E-state index in [0.29, 0.717) is 18.8 Å². The van der Waals surface area contributed by atoms with Gasteiger partial charge in [0, 0.05) is 13.0 Å². The molecule has 0 aliphatic heterocycles. The zero-order valence-corrected chi connectivity index (χ0v) is 11.0. The number of anilines is 2. The molecule has 5 nitrogen and oxygen atoms in total. The van der Waals surface area contributed by atoms with E-state index in [1.54, 1.807) is 0 Å². The second-order valence-electron chi connectivity index (χ2n) is 4.15. The lowest BCUT2D eigenvalue weighted by Gasteiger charge is -2.09. The largest absolute Gasteiger partial charge is 0.465 e. The van der Waals surface area contributed by atoms with Crippen LogP contribution in [0.1, 0.15) is 29.6 Å². The van der Waals surface area contributed by atoms with Gasteiger partial charge in [0.2, 0.25) is 0 Å². The molecule has 1 aromatic heterocycles. The number of alkyl halides is 3. The minimum atomic E-state index is -4.13. The highest BCUT2D eigenvalue weighted by Crippen LogP contribution is 2.22. The summed E-state index contributed by atoms with van der Waals surface area (Å²) in [5.74, 6) is -0.225. The highest BCUT2D eigenvalue weighted by molar-refractivity contribution is 5.95. The molecule has 0 aliphatic rings. The van der Waals surface area contributed by atoms with Gasteiger partial charge in [-0.15, -0.1) is 0 Å². The number of hydrogen-bond acceptors (Lipinski definition) is 5. The number of carbonyl (C=O) groups excluding carboxylic acids is 1. The normalized spacial score (nSPS) is 11.2. The minimum Gasteiger partial charge on any atom is -0.465 e. The Bertz CT molecular complexity index is 464. The van der Waals surface area contributed by atoms with E-state index < -0.39 is 18.6 Å². The van der Waals surface area contributed by atoms with Crippen molar-refractivity contribution in [3.8, 4) is 0 Å². The van der Waals surface area contributed by atoms with Crippen LogP contribution in [0.15, 0.2) is 12.3 Å². The van der Waals surface area contributed by atoms with E-state index in [4.69, 9.17) is 5.73 Å². The number of carbonyl (C=O) groups is 1. The van der Waals surface area contributed by atoms with Gasteiger partial charge in [-0.1, -0.05) is 0 Å². The predicted molar refractivity (Wildman–Crippen MR) is 68.4 cm³/mol. The Morgan fingerprint density at radius 2 is 2.15 bits per heavy atom. The summed E-state index contributed by atoms with van der Waals surface area (Å²) in [7, 11) is 1.23. The molecule has 1 heterocycles. The van der Waals surface area contributed by atoms with Gasteiger partial charge in [-0.2, -0.15) is 13.2 Å². The molecule has 8 heteroatoms. The number of hydrogen-bond donors (Lipinski definition) is 2. The fraction of sp³-hybridized carbons (Fsp3) is 0.500. The Kier molecular flexibility index (Phi) is 5.60. The number of rotatable bonds is 6. The summed E-state index contributed by atoms with van der Waals surface area (Å²) in [4.78, 5) is 15.3. The third kappa shape index (κ3) is 5.33. The van der Waals surface area contributed by atoms with Gasteiger partial charge in [-0.3, -0.25) is 0 Å². The van der Waals surface area contributed by atoms with Gasteiger partial charge in [-0.05, 0) is 18.9 Å². The number of nitrogen functional groups attached to an aromatic ring is 1. The van der Waals surface area contributed by atoms with Gasteiger partial charge in [0.15, 0.2) is 0 Å². The van der Waals surface area contributed by atoms with Crippen molar-refractivity contribution >= 4 is 17.5 Å². The standard InChI is InChI=1S/C12H16F3N3O2/c1-20-11(19)8-6-10(18-7-9(8)16)17-5-3-2-4-12(13,14)15/h6-7H,2-5,16H2,1H3,(H,17,18). The molecule has 112 valence electrons. The number of aromatic nitrogens is 1. The van der Waals surface area contributed by atoms with Gasteiger partial charge < -0.3 is 15.8 Å². The van der Waals surface area contributed by atoms with Crippen LogP contribution in [0.3, 0.4) is 0 Å². The number of nitrogens with one attached hydrogen (secondary N) is 1. The monoisotopic (exact) mass is 291 g/mol. The summed E-state index contributed by atoms with van der Waals surface area (Å²) in [5, 5.41) is 2.84. The van der Waals surface area contributed by atoms with Crippen LogP contribution in [0.25, 0.3) is 0 Å². The van der Waals surface area contributed by atoms with Crippen molar-refractivity contribution < 1.29 is 22.7 Å². The average Bonchev–Trinajstić information content (AvgIpc) is 2.38. The second kappa shape index (κ2) is 6.97. The maximum Gasteiger partial charge on any atom is 0.389 e. The molecule has 1 rings (SSSR count). The van der Waals surface area contributed by atoms with Gasteiger partial charge in [0.25, 0.3) is 0 Å². The molecule has 0 aromatic carbocycles. The molecule has 0 spiro atoms. The zero-order valence-electron chi connectivity index (χ0n) is 11.0. The molecule has 0 fully saturated rings. The van der Waals surface area contributed by atoms with Crippen LogP contribution >= 0.6 is 0 Å². The van der Waals surface area contributed by atoms with Gasteiger partial charge >= 0.3 is 12.1 Å². The van der Waals surface area contributed by atoms with Crippen LogP contribution in [0.2, 0.25) is 0 Å². The average molecular weight is 291 g/mol. The van der Waals surface area contributed by atoms with E-state index in [-0.39, 0.29) is 17.7 Å². The molecule has 20 heavy (non-hydrogen) atoms. The van der Waals surface area contributed by atoms with E-state index in [2.05, 4.69) is 15.0 Å². The van der Waals surface area contributed by atoms with Crippen LogP contribution in [-0.2, 0) is 4.74 Å². The Labute approximate surface area is 114 Å². The first-order valence-electron chi connectivity index (χ1n) is 5.98. The molecule has 0 bridgehead atoms. The maximum atomic E-state index is 11.9. The van der Waals surface area contributed by atoms with E-state index in [0.717, 1.165) is 0 Å². The second-order valence-corrected chi connectivity index (χ2v) is 4.15. The first-order valence-corrected chi connectivity index (χ1v) is 5.98. The van der Waals surface area contributed by atoms with E-state index in [1.807, 2.05) is 0 Å². The first kappa shape index (κ1) is 16.1. The number of unbranched alkanes of at least 4 members (excludes halogenated alkanes) is 1. The number of halogens is 3. The molecule has 0 radical (unpaired) electrons. The Balaban J connectivity index is 2.47. The Morgan fingerprint density at radius 1 is 1.45 bits per heavy atom. The highest BCUT2D eigenvalue weighted by atomic mass is 19.4. The lowest BCUT2D eigenvalue weighted by atomic mass is 10.2. The maximum absolute atomic E-state index is 11.9. The summed E-state index contributed by atoms with van der Waals surface area (Å²) >= 11 is 0. The van der Waals surface area contributed by atoms with Crippen molar-refractivity contribution in [3.05, 3.63) is 17.8 Å². The summed E-state index contributed by atoms with van der Waals surface area (Å²) in [6.45, 7) is 0.327. The lowest BCUT2D eigenvalue weighted by Crippen LogP contribution is -2.11. The third-order valence-electron chi connectivity index (χ3n) is 2.53. The summed E-state index contributed by atoms with van der Waals surface area (Å²) in [5.41, 5.74) is 5.92. The highest BCUT2D eigenvalue weighted by Gasteiger charge is 2.25. The van der Waals surface area contributed by atoms with Crippen molar-refractivity contribution in [1.29, 1.82) is 0 Å². The van der Waals surface area contributed by atoms with Crippen LogP contribution in [0.5, 0.6) is 0 Å². The number of methoxy groups -OCH3 is 1. The van der Waals surface area contributed by atoms with Crippen LogP contribution in [0, 0.1) is 0 Å². The Hall–Kier alpha value is -1.99. The summed E-state index contributed by atoms with van der Waals surface area (Å²) < 4.78 is 40.4. The van der Waals surface area contributed by atoms with Crippen LogP contribution < -0.4 is 11.1 Å². The topological polar surface area (TPSA) is 77.2 Å². The molecule has 0 saturated heterocycles. The van der Waals surface area contributed by atoms with Crippen LogP contribution in [-0.4, -0.2) is 30.8 Å². The summed E-state index contributed by atoms with van der Waals surface area (Å²) in [6, 6.07) is 1.41. The third-order valence-corrected chi connectivity index (χ3v) is 2.53. The SMILES string of the molecule is COC(=O)c1cc(NCCCCC(F)(F)F)ncc1N. The molecular weight excluding hydrogens is 275 g/mol. The molecular formula is C12H16F3N3O2. The van der Waals surface area contributed by atoms with Gasteiger partial charge in [0.1, 0.15) is 5.82 Å². The molecule has 0 atom stereocenters. The number of nitrogens with zero attached hydrogens (tertiary/aromatic N) is 1. The van der Waals surface area contributed by atoms with Crippen molar-refractivity contribution in [2.45, 2.75) is 25.4 Å². The molecule has 0 aliphatic carbocycles. The van der Waals surface area contributed by atoms with Crippen molar-refractivity contribution in [3.63, 3.8) is 0 Å². The smallest absolute Gasteiger partial charge is 0.389 e. The van der Waals surface area contributed by atoms with Gasteiger partial charge in [0.05, 0.1) is 24.6 Å². The van der Waals surface area contributed by atoms with E-state index >= 15 is 0 Å². The number of pyridine rings is 1. The molecule has 0 saturated carbocycles. The molecule has 3 N–H and O–H groups in total. The van der Waals surface area contributed by atoms with Crippen molar-refractivity contribution in [2.24, 2.45) is 0 Å². The minimum absolute atomic E-state index is 0.0370. The Morgan fingerprint density at radius 3 is 2.75 bits per heavy atom. The number of nitrogens with two attached hydrogens (primary N) is 1. The van der Waals surface area contributed by atoms with Gasteiger partial charge in [-0.25, -0.2) is 9.78 Å². The van der Waals surface area contributed by atoms with E-state index in [1.165, 1.54) is 19.4 Å². The number of esters is 1. The van der Waals surface area contributed by atoms with Crippen LogP contribution in [0.4, 0.5) is 24.7 Å². The fourth-order valence-electron chi connectivity index (χ4n) is 1.52. The lowest BCUT2D eigenvalue weighted by molar-refractivity contribution is -0.135. The van der Waals surface area contributed by atoms with Crippen molar-refractivity contribution in [1.82, 2.24) is 4.98 Å². The quantitative estimate of drug-likeness (QED) is 0.622. The molecule has 1 aromatic rings. The van der Waals surface area contributed by atoms with Crippen molar-refractivity contribution in [2.75, 3.05) is 24.7 Å². The van der Waals surface area contributed by atoms with E-state index in [9.17, 15) is 18.0 Å². The first-order chi connectivity index (χ1) is 9.33. The molecule has 0 amide bonds. The summed E-state index contributed by atoms with van der Waals surface area (Å²) in [6.07, 6.45) is -3.26.